The molecule has 2 aliphatic rings. The molecule has 2 heterocycles. The number of hydrogen-bond donors (Lipinski definition) is 4. The summed E-state index contributed by atoms with van der Waals surface area (Å²) in [5.41, 5.74) is 2.83. The van der Waals surface area contributed by atoms with Crippen LogP contribution in [0.5, 0.6) is 0 Å². The van der Waals surface area contributed by atoms with Crippen LogP contribution in [0.15, 0.2) is 91.0 Å². The molecule has 0 unspecified atom stereocenters. The lowest BCUT2D eigenvalue weighted by Gasteiger charge is -2.46. The molecule has 13 nitrogen and oxygen atoms in total. The second-order valence-corrected chi connectivity index (χ2v) is 28.3. The smallest absolute Gasteiger partial charge is 0.187 e. The third kappa shape index (κ3) is 31.3. The Hall–Kier alpha value is -2.86. The lowest BCUT2D eigenvalue weighted by molar-refractivity contribution is -0.347. The van der Waals surface area contributed by atoms with E-state index in [1.165, 1.54) is 109 Å². The van der Waals surface area contributed by atoms with E-state index in [0.29, 0.717) is 31.7 Å². The minimum Gasteiger partial charge on any atom is -0.394 e. The van der Waals surface area contributed by atoms with E-state index in [0.717, 1.165) is 71.5 Å². The van der Waals surface area contributed by atoms with Gasteiger partial charge in [-0.2, -0.15) is 0 Å². The molecule has 0 radical (unpaired) electrons. The highest BCUT2D eigenvalue weighted by molar-refractivity contribution is 5.16. The molecule has 0 spiro atoms. The van der Waals surface area contributed by atoms with Crippen LogP contribution in [0.25, 0.3) is 0 Å². The SMILES string of the molecule is CC(C)CCC[C@@H](C)CCC[C@H](C)CCC[C@H](C)CCOC[C@@H](CO[C@H]1O[C@H](CO[C@@H]2O[C@H](CO)[C@@H](O)[C@H](O)[C@H]2O)[C@@H](OCc2ccccc2)[C@H](OCc2ccccc2)[C@H]1OCc1ccccc1)OCC[C@@H](C)CCC[C@@H](C)CCC[C@H](C)CCCC(C)C. The first kappa shape index (κ1) is 76.8. The zero-order chi connectivity index (χ0) is 64.2. The molecule has 4 N–H and O–H groups in total. The molecule has 89 heavy (non-hydrogen) atoms. The van der Waals surface area contributed by atoms with Gasteiger partial charge in [0.05, 0.1) is 46.2 Å². The largest absolute Gasteiger partial charge is 0.394 e. The molecule has 5 rings (SSSR count). The molecule has 17 atom stereocenters. The van der Waals surface area contributed by atoms with Crippen molar-refractivity contribution in [3.63, 3.8) is 0 Å². The van der Waals surface area contributed by atoms with Crippen LogP contribution in [-0.4, -0.2) is 128 Å². The number of hydrogen-bond acceptors (Lipinski definition) is 13. The van der Waals surface area contributed by atoms with Gasteiger partial charge < -0.3 is 63.1 Å². The molecule has 2 fully saturated rings. The lowest BCUT2D eigenvalue weighted by atomic mass is 9.91. The van der Waals surface area contributed by atoms with Crippen molar-refractivity contribution in [1.82, 2.24) is 0 Å². The van der Waals surface area contributed by atoms with Crippen molar-refractivity contribution in [3.8, 4) is 0 Å². The molecule has 508 valence electrons. The summed E-state index contributed by atoms with van der Waals surface area (Å²) in [5.74, 6) is 5.74. The van der Waals surface area contributed by atoms with E-state index in [4.69, 9.17) is 42.6 Å². The van der Waals surface area contributed by atoms with E-state index in [-0.39, 0.29) is 33.0 Å². The molecule has 0 aliphatic carbocycles. The third-order valence-corrected chi connectivity index (χ3v) is 18.7. The summed E-state index contributed by atoms with van der Waals surface area (Å²) in [5, 5.41) is 42.6. The van der Waals surface area contributed by atoms with Gasteiger partial charge >= 0.3 is 0 Å². The first-order chi connectivity index (χ1) is 43.0. The average Bonchev–Trinajstić information content (AvgIpc) is 2.80. The van der Waals surface area contributed by atoms with E-state index in [9.17, 15) is 20.4 Å². The van der Waals surface area contributed by atoms with Gasteiger partial charge in [-0.05, 0) is 76.9 Å². The third-order valence-electron chi connectivity index (χ3n) is 18.7. The zero-order valence-corrected chi connectivity index (χ0v) is 57.1. The molecule has 3 aromatic carbocycles. The fourth-order valence-corrected chi connectivity index (χ4v) is 12.6. The van der Waals surface area contributed by atoms with E-state index in [2.05, 4.69) is 69.2 Å². The van der Waals surface area contributed by atoms with Crippen molar-refractivity contribution in [1.29, 1.82) is 0 Å². The van der Waals surface area contributed by atoms with Crippen molar-refractivity contribution in [2.24, 2.45) is 47.3 Å². The van der Waals surface area contributed by atoms with Crippen molar-refractivity contribution >= 4 is 0 Å². The van der Waals surface area contributed by atoms with E-state index in [1.54, 1.807) is 0 Å². The first-order valence-corrected chi connectivity index (χ1v) is 35.3. The summed E-state index contributed by atoms with van der Waals surface area (Å²) in [6.45, 7) is 25.2. The summed E-state index contributed by atoms with van der Waals surface area (Å²) in [7, 11) is 0. The second-order valence-electron chi connectivity index (χ2n) is 28.3. The molecule has 0 saturated carbocycles. The van der Waals surface area contributed by atoms with E-state index >= 15 is 0 Å². The number of aliphatic hydroxyl groups excluding tert-OH is 4. The van der Waals surface area contributed by atoms with Gasteiger partial charge in [0.15, 0.2) is 12.6 Å². The van der Waals surface area contributed by atoms with Crippen molar-refractivity contribution in [2.45, 2.75) is 285 Å². The number of aliphatic hydroxyl groups is 4. The Labute approximate surface area is 540 Å². The van der Waals surface area contributed by atoms with Gasteiger partial charge in [0.1, 0.15) is 54.9 Å². The van der Waals surface area contributed by atoms with Crippen LogP contribution < -0.4 is 0 Å². The van der Waals surface area contributed by atoms with Crippen LogP contribution in [0.3, 0.4) is 0 Å². The summed E-state index contributed by atoms with van der Waals surface area (Å²) in [4.78, 5) is 0. The highest BCUT2D eigenvalue weighted by Gasteiger charge is 2.51. The van der Waals surface area contributed by atoms with Crippen molar-refractivity contribution in [2.75, 3.05) is 39.6 Å². The maximum atomic E-state index is 11.1. The van der Waals surface area contributed by atoms with Crippen LogP contribution >= 0.6 is 0 Å². The fraction of sp³-hybridized carbons (Fsp3) is 0.763. The zero-order valence-electron chi connectivity index (χ0n) is 57.1. The molecule has 13 heteroatoms. The van der Waals surface area contributed by atoms with Gasteiger partial charge in [-0.3, -0.25) is 0 Å². The van der Waals surface area contributed by atoms with Crippen LogP contribution in [0.1, 0.15) is 214 Å². The Morgan fingerprint density at radius 1 is 0.371 bits per heavy atom. The molecule has 0 amide bonds. The Balaban J connectivity index is 1.30. The maximum absolute atomic E-state index is 11.1. The monoisotopic (exact) mass is 1250 g/mol. The molecule has 3 aromatic rings. The summed E-state index contributed by atoms with van der Waals surface area (Å²) >= 11 is 0. The minimum atomic E-state index is -1.63. The highest BCUT2D eigenvalue weighted by Crippen LogP contribution is 2.34. The number of ether oxygens (including phenoxy) is 9. The predicted octanol–water partition coefficient (Wildman–Crippen LogP) is 15.6. The molecular formula is C76H126O13. The van der Waals surface area contributed by atoms with Gasteiger partial charge in [0, 0.05) is 13.2 Å². The maximum Gasteiger partial charge on any atom is 0.187 e. The number of rotatable bonds is 49. The van der Waals surface area contributed by atoms with E-state index in [1.807, 2.05) is 91.0 Å². The van der Waals surface area contributed by atoms with Crippen LogP contribution in [-0.2, 0) is 62.5 Å². The Morgan fingerprint density at radius 2 is 0.753 bits per heavy atom. The van der Waals surface area contributed by atoms with Gasteiger partial charge in [-0.1, -0.05) is 276 Å². The van der Waals surface area contributed by atoms with Crippen LogP contribution in [0, 0.1) is 47.3 Å². The number of benzene rings is 3. The molecule has 0 bridgehead atoms. The predicted molar refractivity (Wildman–Crippen MR) is 357 cm³/mol. The Kier molecular flexibility index (Phi) is 38.6. The van der Waals surface area contributed by atoms with Crippen LogP contribution in [0.2, 0.25) is 0 Å². The van der Waals surface area contributed by atoms with Crippen molar-refractivity contribution in [3.05, 3.63) is 108 Å². The van der Waals surface area contributed by atoms with Crippen molar-refractivity contribution < 1.29 is 63.1 Å². The summed E-state index contributed by atoms with van der Waals surface area (Å²) in [6, 6.07) is 29.7. The second kappa shape index (κ2) is 44.7. The topological polar surface area (TPSA) is 164 Å². The normalized spacial score (nSPS) is 24.8. The Morgan fingerprint density at radius 3 is 1.18 bits per heavy atom. The van der Waals surface area contributed by atoms with Gasteiger partial charge in [-0.25, -0.2) is 0 Å². The molecule has 2 aliphatic heterocycles. The minimum absolute atomic E-state index is 0.128. The highest BCUT2D eigenvalue weighted by atomic mass is 16.7. The summed E-state index contributed by atoms with van der Waals surface area (Å²) < 4.78 is 60.2. The van der Waals surface area contributed by atoms with E-state index < -0.39 is 74.1 Å². The molecule has 0 aromatic heterocycles. The molecule has 2 saturated heterocycles. The quantitative estimate of drug-likeness (QED) is 0.0395. The summed E-state index contributed by atoms with van der Waals surface area (Å²) in [6.07, 6.45) is 13.0. The van der Waals surface area contributed by atoms with Gasteiger partial charge in [0.2, 0.25) is 0 Å². The molecular weight excluding hydrogens is 1120 g/mol. The lowest BCUT2D eigenvalue weighted by Crippen LogP contribution is -2.63. The first-order valence-electron chi connectivity index (χ1n) is 35.3. The van der Waals surface area contributed by atoms with Crippen LogP contribution in [0.4, 0.5) is 0 Å². The average molecular weight is 1250 g/mol. The standard InChI is InChI=1S/C76H126O13/c1-55(2)26-20-28-57(5)30-22-32-59(7)34-24-36-61(9)44-46-81-52-66(82-47-45-62(10)37-25-35-60(8)33-23-31-58(6)29-21-27-56(3)4)53-86-76-74(85-51-65-42-18-13-19-43-65)73(84-50-64-40-16-12-17-41-64)72(83-49-63-38-14-11-15-39-63)68(89-76)54-87-75-71(80)70(79)69(78)67(48-77)88-75/h11-19,38-43,55-62,66-80H,20-37,44-54H2,1-10H3/t57-,58-,59+,60+,61+,62+,66+,67-,68-,69-,70+,71-,72-,73+,74-,75-,76+/m1/s1. The van der Waals surface area contributed by atoms with Gasteiger partial charge in [0.25, 0.3) is 0 Å². The van der Waals surface area contributed by atoms with Gasteiger partial charge in [-0.15, -0.1) is 0 Å². The Bertz CT molecular complexity index is 2150. The fourth-order valence-electron chi connectivity index (χ4n) is 12.6.